The van der Waals surface area contributed by atoms with E-state index in [0.29, 0.717) is 11.6 Å². The Bertz CT molecular complexity index is 630. The fraction of sp³-hybridized carbons (Fsp3) is 0.400. The lowest BCUT2D eigenvalue weighted by Gasteiger charge is -2.26. The van der Waals surface area contributed by atoms with Crippen molar-refractivity contribution in [1.82, 2.24) is 10.2 Å². The second-order valence-corrected chi connectivity index (χ2v) is 6.11. The van der Waals surface area contributed by atoms with E-state index in [9.17, 15) is 4.79 Å². The molecular weight excluding hydrogens is 268 g/mol. The molecule has 0 fully saturated rings. The van der Waals surface area contributed by atoms with Crippen LogP contribution in [0.5, 0.6) is 0 Å². The number of aromatic nitrogens is 2. The molecule has 6 nitrogen and oxygen atoms in total. The van der Waals surface area contributed by atoms with Crippen LogP contribution in [0.1, 0.15) is 26.3 Å². The van der Waals surface area contributed by atoms with Crippen molar-refractivity contribution in [3.8, 4) is 11.5 Å². The smallest absolute Gasteiger partial charge is 0.247 e. The summed E-state index contributed by atoms with van der Waals surface area (Å²) < 4.78 is 5.16. The van der Waals surface area contributed by atoms with Crippen LogP contribution in [0.4, 0.5) is 5.69 Å². The molecule has 3 N–H and O–H groups in total. The molecule has 1 aromatic heterocycles. The van der Waals surface area contributed by atoms with Gasteiger partial charge in [0, 0.05) is 11.3 Å². The van der Waals surface area contributed by atoms with E-state index in [0.717, 1.165) is 11.1 Å². The molecule has 2 rings (SSSR count). The predicted octanol–water partition coefficient (Wildman–Crippen LogP) is 2.36. The van der Waals surface area contributed by atoms with Crippen LogP contribution in [0.15, 0.2) is 29.0 Å². The maximum atomic E-state index is 12.2. The first-order valence-corrected chi connectivity index (χ1v) is 6.72. The van der Waals surface area contributed by atoms with Crippen LogP contribution in [0.2, 0.25) is 0 Å². The Morgan fingerprint density at radius 1 is 1.38 bits per heavy atom. The Kier molecular flexibility index (Phi) is 4.09. The summed E-state index contributed by atoms with van der Waals surface area (Å²) in [4.78, 5) is 12.2. The minimum Gasteiger partial charge on any atom is -0.423 e. The lowest BCUT2D eigenvalue weighted by molar-refractivity contribution is -0.119. The molecule has 0 radical (unpaired) electrons. The Hall–Kier alpha value is -2.21. The summed E-state index contributed by atoms with van der Waals surface area (Å²) in [6.07, 6.45) is 1.27. The summed E-state index contributed by atoms with van der Waals surface area (Å²) >= 11 is 0. The molecule has 21 heavy (non-hydrogen) atoms. The topological polar surface area (TPSA) is 94.0 Å². The zero-order valence-electron chi connectivity index (χ0n) is 12.7. The molecule has 0 saturated heterocycles. The van der Waals surface area contributed by atoms with Gasteiger partial charge in [-0.2, -0.15) is 0 Å². The molecule has 112 valence electrons. The third-order valence-corrected chi connectivity index (χ3v) is 3.32. The number of aryl methyl sites for hydroxylation is 1. The third-order valence-electron chi connectivity index (χ3n) is 3.32. The third kappa shape index (κ3) is 3.46. The SMILES string of the molecule is Cc1ccc(-c2nnco2)cc1NC(=O)[C@H](N)C(C)(C)C. The van der Waals surface area contributed by atoms with E-state index in [1.165, 1.54) is 6.39 Å². The molecule has 1 aromatic carbocycles. The molecule has 0 spiro atoms. The van der Waals surface area contributed by atoms with E-state index in [2.05, 4.69) is 15.5 Å². The average Bonchev–Trinajstić information content (AvgIpc) is 2.93. The molecule has 0 aliphatic rings. The van der Waals surface area contributed by atoms with E-state index in [-0.39, 0.29) is 11.3 Å². The molecule has 0 aliphatic heterocycles. The van der Waals surface area contributed by atoms with Gasteiger partial charge in [0.25, 0.3) is 0 Å². The standard InChI is InChI=1S/C15H20N4O2/c1-9-5-6-10(14-19-17-8-21-14)7-11(9)18-13(20)12(16)15(2,3)4/h5-8,12H,16H2,1-4H3,(H,18,20)/t12-/m0/s1. The number of hydrogen-bond acceptors (Lipinski definition) is 5. The van der Waals surface area contributed by atoms with Crippen LogP contribution in [0.25, 0.3) is 11.5 Å². The molecule has 0 unspecified atom stereocenters. The van der Waals surface area contributed by atoms with Crippen molar-refractivity contribution in [3.05, 3.63) is 30.2 Å². The summed E-state index contributed by atoms with van der Waals surface area (Å²) in [6.45, 7) is 7.70. The fourth-order valence-electron chi connectivity index (χ4n) is 1.79. The molecule has 0 aliphatic carbocycles. The van der Waals surface area contributed by atoms with Crippen LogP contribution in [-0.2, 0) is 4.79 Å². The van der Waals surface area contributed by atoms with Gasteiger partial charge in [0.1, 0.15) is 0 Å². The molecule has 1 heterocycles. The van der Waals surface area contributed by atoms with E-state index < -0.39 is 6.04 Å². The highest BCUT2D eigenvalue weighted by Gasteiger charge is 2.27. The Labute approximate surface area is 123 Å². The second kappa shape index (κ2) is 5.65. The summed E-state index contributed by atoms with van der Waals surface area (Å²) in [5.74, 6) is 0.193. The second-order valence-electron chi connectivity index (χ2n) is 6.11. The monoisotopic (exact) mass is 288 g/mol. The van der Waals surface area contributed by atoms with Crippen molar-refractivity contribution in [2.24, 2.45) is 11.1 Å². The summed E-state index contributed by atoms with van der Waals surface area (Å²) in [7, 11) is 0. The van der Waals surface area contributed by atoms with Crippen molar-refractivity contribution < 1.29 is 9.21 Å². The van der Waals surface area contributed by atoms with Gasteiger partial charge in [0.2, 0.25) is 18.2 Å². The van der Waals surface area contributed by atoms with E-state index >= 15 is 0 Å². The maximum absolute atomic E-state index is 12.2. The molecular formula is C15H20N4O2. The molecule has 1 atom stereocenters. The molecule has 6 heteroatoms. The van der Waals surface area contributed by atoms with Gasteiger partial charge in [-0.15, -0.1) is 10.2 Å². The summed E-state index contributed by atoms with van der Waals surface area (Å²) in [6, 6.07) is 4.96. The van der Waals surface area contributed by atoms with E-state index in [4.69, 9.17) is 10.2 Å². The minimum absolute atomic E-state index is 0.215. The van der Waals surface area contributed by atoms with Crippen molar-refractivity contribution in [1.29, 1.82) is 0 Å². The fourth-order valence-corrected chi connectivity index (χ4v) is 1.79. The average molecular weight is 288 g/mol. The number of anilines is 1. The molecule has 2 aromatic rings. The van der Waals surface area contributed by atoms with E-state index in [1.54, 1.807) is 6.07 Å². The van der Waals surface area contributed by atoms with Gasteiger partial charge in [-0.05, 0) is 30.0 Å². The van der Waals surface area contributed by atoms with Gasteiger partial charge in [-0.3, -0.25) is 4.79 Å². The van der Waals surface area contributed by atoms with Crippen molar-refractivity contribution in [2.75, 3.05) is 5.32 Å². The van der Waals surface area contributed by atoms with Gasteiger partial charge in [-0.1, -0.05) is 26.8 Å². The van der Waals surface area contributed by atoms with Gasteiger partial charge < -0.3 is 15.5 Å². The van der Waals surface area contributed by atoms with Crippen LogP contribution < -0.4 is 11.1 Å². The van der Waals surface area contributed by atoms with Crippen LogP contribution in [0.3, 0.4) is 0 Å². The Morgan fingerprint density at radius 3 is 2.67 bits per heavy atom. The van der Waals surface area contributed by atoms with Gasteiger partial charge in [0.15, 0.2) is 0 Å². The largest absolute Gasteiger partial charge is 0.423 e. The molecule has 0 bridgehead atoms. The normalized spacial score (nSPS) is 13.0. The minimum atomic E-state index is -0.594. The number of benzene rings is 1. The van der Waals surface area contributed by atoms with Crippen LogP contribution in [-0.4, -0.2) is 22.1 Å². The first-order chi connectivity index (χ1) is 9.79. The number of rotatable bonds is 3. The van der Waals surface area contributed by atoms with Gasteiger partial charge >= 0.3 is 0 Å². The summed E-state index contributed by atoms with van der Waals surface area (Å²) in [5, 5.41) is 10.4. The van der Waals surface area contributed by atoms with Crippen LogP contribution >= 0.6 is 0 Å². The molecule has 0 saturated carbocycles. The zero-order chi connectivity index (χ0) is 15.6. The number of nitrogens with zero attached hydrogens (tertiary/aromatic N) is 2. The highest BCUT2D eigenvalue weighted by molar-refractivity contribution is 5.96. The lowest BCUT2D eigenvalue weighted by atomic mass is 9.87. The van der Waals surface area contributed by atoms with E-state index in [1.807, 2.05) is 39.8 Å². The number of nitrogens with one attached hydrogen (secondary N) is 1. The number of hydrogen-bond donors (Lipinski definition) is 2. The quantitative estimate of drug-likeness (QED) is 0.904. The zero-order valence-corrected chi connectivity index (χ0v) is 12.7. The highest BCUT2D eigenvalue weighted by atomic mass is 16.4. The Morgan fingerprint density at radius 2 is 2.10 bits per heavy atom. The number of amides is 1. The highest BCUT2D eigenvalue weighted by Crippen LogP contribution is 2.25. The number of carbonyl (C=O) groups is 1. The molecule has 1 amide bonds. The maximum Gasteiger partial charge on any atom is 0.247 e. The van der Waals surface area contributed by atoms with Crippen molar-refractivity contribution in [3.63, 3.8) is 0 Å². The number of nitrogens with two attached hydrogens (primary N) is 1. The summed E-state index contributed by atoms with van der Waals surface area (Å²) in [5.41, 5.74) is 8.04. The first-order valence-electron chi connectivity index (χ1n) is 6.72. The lowest BCUT2D eigenvalue weighted by Crippen LogP contribution is -2.45. The van der Waals surface area contributed by atoms with Crippen LogP contribution in [0, 0.1) is 12.3 Å². The Balaban J connectivity index is 2.24. The van der Waals surface area contributed by atoms with Crippen molar-refractivity contribution in [2.45, 2.75) is 33.7 Å². The predicted molar refractivity (Wildman–Crippen MR) is 80.5 cm³/mol. The van der Waals surface area contributed by atoms with Gasteiger partial charge in [-0.25, -0.2) is 0 Å². The van der Waals surface area contributed by atoms with Crippen molar-refractivity contribution >= 4 is 11.6 Å². The first kappa shape index (κ1) is 15.2. The number of carbonyl (C=O) groups excluding carboxylic acids is 1. The van der Waals surface area contributed by atoms with Gasteiger partial charge in [0.05, 0.1) is 6.04 Å².